The molecule has 2 saturated carbocycles. The highest BCUT2D eigenvalue weighted by Gasteiger charge is 2.78. The Hall–Kier alpha value is -4.25. The van der Waals surface area contributed by atoms with Crippen LogP contribution >= 0.6 is 0 Å². The van der Waals surface area contributed by atoms with Gasteiger partial charge in [-0.25, -0.2) is 9.59 Å². The van der Waals surface area contributed by atoms with E-state index < -0.39 is 101 Å². The minimum atomic E-state index is -2.32. The zero-order valence-corrected chi connectivity index (χ0v) is 30.6. The Bertz CT molecular complexity index is 1840. The first-order valence-electron chi connectivity index (χ1n) is 17.8. The fourth-order valence-corrected chi connectivity index (χ4v) is 9.29. The number of rotatable bonds is 10. The van der Waals surface area contributed by atoms with Gasteiger partial charge in [-0.15, -0.1) is 0 Å². The molecule has 287 valence electrons. The summed E-state index contributed by atoms with van der Waals surface area (Å²) in [5.74, 6) is -5.23. The predicted molar refractivity (Wildman–Crippen MR) is 190 cm³/mol. The van der Waals surface area contributed by atoms with Crippen LogP contribution < -0.4 is 5.23 Å². The molecule has 0 amide bonds. The molecule has 2 bridgehead atoms. The zero-order valence-electron chi connectivity index (χ0n) is 30.6. The maximum Gasteiger partial charge on any atom is 0.338 e. The van der Waals surface area contributed by atoms with Crippen LogP contribution in [0, 0.1) is 16.7 Å². The van der Waals surface area contributed by atoms with E-state index in [1.807, 2.05) is 0 Å². The molecule has 0 aromatic heterocycles. The summed E-state index contributed by atoms with van der Waals surface area (Å²) < 4.78 is 24.0. The summed E-state index contributed by atoms with van der Waals surface area (Å²) in [6, 6.07) is 15.1. The van der Waals surface area contributed by atoms with Crippen LogP contribution in [-0.4, -0.2) is 112 Å². The van der Waals surface area contributed by atoms with E-state index in [4.69, 9.17) is 18.9 Å². The largest absolute Gasteiger partial charge is 0.456 e. The van der Waals surface area contributed by atoms with Crippen LogP contribution in [0.1, 0.15) is 69.4 Å². The maximum atomic E-state index is 14.9. The molecule has 1 unspecified atom stereocenters. The third kappa shape index (κ3) is 6.11. The van der Waals surface area contributed by atoms with Crippen LogP contribution in [0.3, 0.4) is 0 Å². The Morgan fingerprint density at radius 3 is 2.22 bits per heavy atom. The molecule has 2 aromatic rings. The van der Waals surface area contributed by atoms with Gasteiger partial charge in [0.05, 0.1) is 41.8 Å². The molecule has 3 aliphatic carbocycles. The summed E-state index contributed by atoms with van der Waals surface area (Å²) in [6.45, 7) is 6.90. The molecule has 3 fully saturated rings. The van der Waals surface area contributed by atoms with Crippen molar-refractivity contribution in [3.63, 3.8) is 0 Å². The standard InChI is InChI=1S/C39H45BNO13/c1-20-24(52-35(49)30(46)28(41-40-19-42)22-12-8-6-9-13-22)17-39(50)33(53-34(48)23-14-10-7-11-15-23)31-37(5,32(47)29(45)27(20)36(39,3)4)25(44)16-26-38(31,18-51-26)54-21(2)43/h6-15,19,24-26,28-31,33,41,44-46,50H,16-18H2,1-5H3/t24-,25-,26+,28-,29+,30+,31?,33-,37+,38-,39+/m0/s1. The van der Waals surface area contributed by atoms with Gasteiger partial charge in [0.15, 0.2) is 17.5 Å². The van der Waals surface area contributed by atoms with Gasteiger partial charge in [0.25, 0.3) is 7.41 Å². The number of nitrogens with one attached hydrogen (secondary N) is 1. The highest BCUT2D eigenvalue weighted by molar-refractivity contribution is 6.64. The van der Waals surface area contributed by atoms with E-state index >= 15 is 0 Å². The van der Waals surface area contributed by atoms with Gasteiger partial charge in [0.2, 0.25) is 0 Å². The molecular weight excluding hydrogens is 701 g/mol. The Kier molecular flexibility index (Phi) is 10.5. The van der Waals surface area contributed by atoms with Gasteiger partial charge >= 0.3 is 17.9 Å². The first-order valence-corrected chi connectivity index (χ1v) is 17.8. The number of Topliss-reactive ketones (excluding diaryl/α,β-unsaturated/α-hetero) is 1. The highest BCUT2D eigenvalue weighted by atomic mass is 16.6. The minimum absolute atomic E-state index is 0.0401. The van der Waals surface area contributed by atoms with E-state index in [1.165, 1.54) is 26.0 Å². The van der Waals surface area contributed by atoms with Crippen molar-refractivity contribution in [3.8, 4) is 0 Å². The molecule has 5 N–H and O–H groups in total. The summed E-state index contributed by atoms with van der Waals surface area (Å²) in [4.78, 5) is 66.7. The summed E-state index contributed by atoms with van der Waals surface area (Å²) in [6.07, 6.45) is -9.77. The molecule has 1 saturated heterocycles. The van der Waals surface area contributed by atoms with E-state index in [0.29, 0.717) is 11.7 Å². The van der Waals surface area contributed by atoms with Crippen molar-refractivity contribution in [3.05, 3.63) is 82.9 Å². The monoisotopic (exact) mass is 746 g/mol. The number of aliphatic hydroxyl groups excluding tert-OH is 3. The van der Waals surface area contributed by atoms with E-state index in [2.05, 4.69) is 5.23 Å². The Balaban J connectivity index is 1.51. The average Bonchev–Trinajstić information content (AvgIpc) is 3.13. The third-order valence-corrected chi connectivity index (χ3v) is 12.2. The zero-order chi connectivity index (χ0) is 39.4. The van der Waals surface area contributed by atoms with Crippen LogP contribution in [0.4, 0.5) is 0 Å². The number of hydrogen-bond donors (Lipinski definition) is 5. The van der Waals surface area contributed by atoms with Gasteiger partial charge in [-0.1, -0.05) is 62.4 Å². The van der Waals surface area contributed by atoms with Crippen LogP contribution in [-0.2, 0) is 38.1 Å². The lowest BCUT2D eigenvalue weighted by Crippen LogP contribution is -2.81. The van der Waals surface area contributed by atoms with Gasteiger partial charge in [0.1, 0.15) is 30.0 Å². The maximum absolute atomic E-state index is 14.9. The summed E-state index contributed by atoms with van der Waals surface area (Å²) >= 11 is 0. The molecule has 4 aliphatic rings. The second-order valence-electron chi connectivity index (χ2n) is 15.4. The van der Waals surface area contributed by atoms with E-state index in [9.17, 15) is 44.4 Å². The molecular formula is C39H45BNO13. The van der Waals surface area contributed by atoms with Gasteiger partial charge in [-0.05, 0) is 42.7 Å². The van der Waals surface area contributed by atoms with E-state index in [-0.39, 0.29) is 29.7 Å². The fraction of sp³-hybridized carbons (Fsp3) is 0.513. The molecule has 15 heteroatoms. The first-order chi connectivity index (χ1) is 25.5. The van der Waals surface area contributed by atoms with Crippen LogP contribution in [0.5, 0.6) is 0 Å². The number of ether oxygens (including phenoxy) is 4. The van der Waals surface area contributed by atoms with Crippen LogP contribution in [0.15, 0.2) is 71.8 Å². The molecule has 54 heavy (non-hydrogen) atoms. The van der Waals surface area contributed by atoms with Gasteiger partial charge in [-0.2, -0.15) is 0 Å². The van der Waals surface area contributed by atoms with Crippen molar-refractivity contribution < 1.29 is 63.3 Å². The first kappa shape index (κ1) is 39.4. The second-order valence-corrected chi connectivity index (χ2v) is 15.4. The molecule has 11 atom stereocenters. The molecule has 0 spiro atoms. The second kappa shape index (κ2) is 14.4. The number of fused-ring (bicyclic) bond motifs is 5. The third-order valence-electron chi connectivity index (χ3n) is 12.2. The van der Waals surface area contributed by atoms with Crippen LogP contribution in [0.25, 0.3) is 0 Å². The molecule has 1 heterocycles. The van der Waals surface area contributed by atoms with Crippen molar-refractivity contribution in [1.82, 2.24) is 5.23 Å². The number of carbonyl (C=O) groups is 5. The lowest BCUT2D eigenvalue weighted by atomic mass is 9.44. The lowest BCUT2D eigenvalue weighted by Gasteiger charge is -2.67. The van der Waals surface area contributed by atoms with Gasteiger partial charge in [-0.3, -0.25) is 9.59 Å². The highest BCUT2D eigenvalue weighted by Crippen LogP contribution is 2.64. The van der Waals surface area contributed by atoms with Gasteiger partial charge in [0, 0.05) is 25.2 Å². The number of esters is 3. The van der Waals surface area contributed by atoms with Crippen molar-refractivity contribution >= 4 is 37.3 Å². The normalized spacial score (nSPS) is 35.0. The Labute approximate surface area is 313 Å². The topological polar surface area (TPSA) is 215 Å². The van der Waals surface area contributed by atoms with E-state index in [1.54, 1.807) is 62.4 Å². The Morgan fingerprint density at radius 1 is 1.02 bits per heavy atom. The number of aliphatic hydroxyl groups is 4. The fourth-order valence-electron chi connectivity index (χ4n) is 9.29. The van der Waals surface area contributed by atoms with Crippen molar-refractivity contribution in [2.24, 2.45) is 16.7 Å². The smallest absolute Gasteiger partial charge is 0.338 e. The quantitative estimate of drug-likeness (QED) is 0.0758. The molecule has 2 aromatic carbocycles. The average molecular weight is 747 g/mol. The molecule has 1 radical (unpaired) electrons. The van der Waals surface area contributed by atoms with Crippen molar-refractivity contribution in [2.75, 3.05) is 6.61 Å². The predicted octanol–water partition coefficient (Wildman–Crippen LogP) is 1.13. The Morgan fingerprint density at radius 2 is 1.65 bits per heavy atom. The van der Waals surface area contributed by atoms with Crippen LogP contribution in [0.2, 0.25) is 0 Å². The number of carbonyl (C=O) groups excluding carboxylic acids is 5. The van der Waals surface area contributed by atoms with Crippen molar-refractivity contribution in [2.45, 2.75) is 101 Å². The summed E-state index contributed by atoms with van der Waals surface area (Å²) in [7, 11) is 1.02. The van der Waals surface area contributed by atoms with Gasteiger partial charge < -0.3 is 49.4 Å². The molecule has 14 nitrogen and oxygen atoms in total. The summed E-state index contributed by atoms with van der Waals surface area (Å²) in [5, 5.41) is 51.2. The molecule has 6 rings (SSSR count). The number of hydrogen-bond acceptors (Lipinski definition) is 14. The SMILES string of the molecule is CC(=O)O[C@@]12CO[C@@H]1C[C@H](O)[C@@]1(C)C(=O)[C@H](O)C3=C(C)[C@@H](OC(=O)[C@H](O)[C@@H](N[B]C=O)c4ccccc4)C[C@@](O)([C@@H](OC(=O)c4ccccc4)C12)C3(C)C. The van der Waals surface area contributed by atoms with Crippen molar-refractivity contribution in [1.29, 1.82) is 0 Å². The number of ketones is 1. The molecule has 1 aliphatic heterocycles. The minimum Gasteiger partial charge on any atom is -0.456 e. The number of benzene rings is 2. The lowest BCUT2D eigenvalue weighted by molar-refractivity contribution is -0.346. The van der Waals surface area contributed by atoms with E-state index in [0.717, 1.165) is 14.3 Å². The summed E-state index contributed by atoms with van der Waals surface area (Å²) in [5.41, 5.74) is -6.93.